The minimum Gasteiger partial charge on any atom is -0.488 e. The van der Waals surface area contributed by atoms with Gasteiger partial charge in [-0.1, -0.05) is 36.4 Å². The van der Waals surface area contributed by atoms with Crippen LogP contribution in [0, 0.1) is 5.82 Å². The van der Waals surface area contributed by atoms with E-state index in [1.807, 2.05) is 30.3 Å². The molecule has 0 fully saturated rings. The van der Waals surface area contributed by atoms with Gasteiger partial charge in [-0.25, -0.2) is 4.39 Å². The van der Waals surface area contributed by atoms with Gasteiger partial charge in [-0.2, -0.15) is 0 Å². The zero-order chi connectivity index (χ0) is 19.8. The van der Waals surface area contributed by atoms with Crippen LogP contribution in [-0.4, -0.2) is 5.91 Å². The number of hydrogen-bond acceptors (Lipinski definition) is 3. The van der Waals surface area contributed by atoms with Crippen LogP contribution in [0.4, 0.5) is 9.39 Å². The molecule has 2 aromatic carbocycles. The van der Waals surface area contributed by atoms with Crippen molar-refractivity contribution in [2.24, 2.45) is 0 Å². The zero-order valence-corrected chi connectivity index (χ0v) is 16.9. The molecule has 5 rings (SSSR count). The lowest BCUT2D eigenvalue weighted by atomic mass is 9.81. The maximum Gasteiger partial charge on any atom is 0.225 e. The molecule has 29 heavy (non-hydrogen) atoms. The van der Waals surface area contributed by atoms with E-state index in [-0.39, 0.29) is 24.2 Å². The van der Waals surface area contributed by atoms with E-state index in [0.717, 1.165) is 29.2 Å². The second kappa shape index (κ2) is 7.64. The van der Waals surface area contributed by atoms with Gasteiger partial charge in [-0.3, -0.25) is 4.79 Å². The number of halogens is 1. The Hall–Kier alpha value is -2.66. The Labute approximate surface area is 173 Å². The summed E-state index contributed by atoms with van der Waals surface area (Å²) in [5.74, 6) is 0.479. The molecule has 0 radical (unpaired) electrons. The molecule has 0 unspecified atom stereocenters. The number of amides is 1. The van der Waals surface area contributed by atoms with Crippen LogP contribution in [0.3, 0.4) is 0 Å². The standard InChI is InChI=1S/C24H22FNO2S/c25-19-10-4-1-7-15(19)14-28-20-11-5-2-8-16(20)18-13-22(27)26-24-23(18)17-9-3-6-12-21(17)29-24/h1-2,4-5,7-8,10-11,18H,3,6,9,12-14H2,(H,26,27)/t18-/m0/s1. The lowest BCUT2D eigenvalue weighted by molar-refractivity contribution is -0.116. The van der Waals surface area contributed by atoms with Crippen LogP contribution in [0.2, 0.25) is 0 Å². The third-order valence-electron chi connectivity index (χ3n) is 5.84. The molecule has 1 aromatic heterocycles. The Bertz CT molecular complexity index is 1070. The van der Waals surface area contributed by atoms with Crippen LogP contribution >= 0.6 is 11.3 Å². The van der Waals surface area contributed by atoms with Gasteiger partial charge in [0.2, 0.25) is 5.91 Å². The van der Waals surface area contributed by atoms with Crippen LogP contribution < -0.4 is 10.1 Å². The molecule has 1 N–H and O–H groups in total. The number of hydrogen-bond donors (Lipinski definition) is 1. The summed E-state index contributed by atoms with van der Waals surface area (Å²) >= 11 is 1.74. The first-order valence-corrected chi connectivity index (χ1v) is 10.9. The monoisotopic (exact) mass is 407 g/mol. The first-order chi connectivity index (χ1) is 14.2. The molecule has 0 bridgehead atoms. The molecule has 2 heterocycles. The first-order valence-electron chi connectivity index (χ1n) is 10.1. The highest BCUT2D eigenvalue weighted by Crippen LogP contribution is 2.49. The van der Waals surface area contributed by atoms with Crippen molar-refractivity contribution in [1.82, 2.24) is 0 Å². The highest BCUT2D eigenvalue weighted by Gasteiger charge is 2.34. The van der Waals surface area contributed by atoms with Gasteiger partial charge in [0.05, 0.1) is 5.00 Å². The first kappa shape index (κ1) is 18.4. The number of aryl methyl sites for hydroxylation is 1. The minimum atomic E-state index is -0.267. The highest BCUT2D eigenvalue weighted by molar-refractivity contribution is 7.16. The molecule has 1 atom stereocenters. The molecule has 148 valence electrons. The fourth-order valence-electron chi connectivity index (χ4n) is 4.45. The largest absolute Gasteiger partial charge is 0.488 e. The normalized spacial score (nSPS) is 18.0. The molecular weight excluding hydrogens is 385 g/mol. The van der Waals surface area contributed by atoms with Gasteiger partial charge < -0.3 is 10.1 Å². The average Bonchev–Trinajstić information content (AvgIpc) is 3.11. The molecule has 2 aliphatic rings. The third-order valence-corrected chi connectivity index (χ3v) is 7.06. The summed E-state index contributed by atoms with van der Waals surface area (Å²) < 4.78 is 20.1. The van der Waals surface area contributed by atoms with Crippen LogP contribution in [0.25, 0.3) is 0 Å². The number of nitrogens with one attached hydrogen (secondary N) is 1. The molecule has 1 aliphatic heterocycles. The van der Waals surface area contributed by atoms with Gasteiger partial charge in [-0.05, 0) is 48.9 Å². The van der Waals surface area contributed by atoms with Crippen molar-refractivity contribution in [2.75, 3.05) is 5.32 Å². The van der Waals surface area contributed by atoms with Gasteiger partial charge in [0, 0.05) is 28.3 Å². The van der Waals surface area contributed by atoms with Crippen LogP contribution in [-0.2, 0) is 24.2 Å². The minimum absolute atomic E-state index is 0.0197. The second-order valence-corrected chi connectivity index (χ2v) is 8.78. The van der Waals surface area contributed by atoms with Crippen molar-refractivity contribution in [1.29, 1.82) is 0 Å². The van der Waals surface area contributed by atoms with Gasteiger partial charge in [-0.15, -0.1) is 11.3 Å². The summed E-state index contributed by atoms with van der Waals surface area (Å²) in [7, 11) is 0. The van der Waals surface area contributed by atoms with Crippen molar-refractivity contribution in [3.63, 3.8) is 0 Å². The summed E-state index contributed by atoms with van der Waals surface area (Å²) in [6, 6.07) is 14.5. The number of para-hydroxylation sites is 1. The van der Waals surface area contributed by atoms with Crippen molar-refractivity contribution >= 4 is 22.2 Å². The summed E-state index contributed by atoms with van der Waals surface area (Å²) in [4.78, 5) is 13.9. The van der Waals surface area contributed by atoms with Gasteiger partial charge in [0.15, 0.2) is 0 Å². The highest BCUT2D eigenvalue weighted by atomic mass is 32.1. The number of carbonyl (C=O) groups is 1. The lowest BCUT2D eigenvalue weighted by Gasteiger charge is -2.27. The van der Waals surface area contributed by atoms with Crippen molar-refractivity contribution in [2.45, 2.75) is 44.6 Å². The summed E-state index contributed by atoms with van der Waals surface area (Å²) in [6.45, 7) is 0.164. The number of thiophene rings is 1. The Morgan fingerprint density at radius 1 is 1.07 bits per heavy atom. The van der Waals surface area contributed by atoms with Crippen LogP contribution in [0.5, 0.6) is 5.75 Å². The van der Waals surface area contributed by atoms with E-state index >= 15 is 0 Å². The third kappa shape index (κ3) is 3.44. The molecule has 3 aromatic rings. The summed E-state index contributed by atoms with van der Waals surface area (Å²) in [6.07, 6.45) is 5.00. The predicted octanol–water partition coefficient (Wildman–Crippen LogP) is 5.82. The Morgan fingerprint density at radius 3 is 2.76 bits per heavy atom. The van der Waals surface area contributed by atoms with Crippen molar-refractivity contribution in [3.8, 4) is 5.75 Å². The maximum absolute atomic E-state index is 14.0. The molecule has 0 spiro atoms. The number of rotatable bonds is 4. The van der Waals surface area contributed by atoms with Crippen LogP contribution in [0.1, 0.15) is 52.3 Å². The number of anilines is 1. The number of benzene rings is 2. The van der Waals surface area contributed by atoms with E-state index in [2.05, 4.69) is 5.32 Å². The molecule has 3 nitrogen and oxygen atoms in total. The fraction of sp³-hybridized carbons (Fsp3) is 0.292. The topological polar surface area (TPSA) is 38.3 Å². The second-order valence-electron chi connectivity index (χ2n) is 7.68. The summed E-state index contributed by atoms with van der Waals surface area (Å²) in [5, 5.41) is 4.09. The molecule has 1 amide bonds. The maximum atomic E-state index is 14.0. The predicted molar refractivity (Wildman–Crippen MR) is 113 cm³/mol. The molecule has 0 saturated carbocycles. The van der Waals surface area contributed by atoms with Crippen LogP contribution in [0.15, 0.2) is 48.5 Å². The average molecular weight is 408 g/mol. The number of fused-ring (bicyclic) bond motifs is 3. The summed E-state index contributed by atoms with van der Waals surface area (Å²) in [5.41, 5.74) is 4.22. The molecule has 0 saturated heterocycles. The van der Waals surface area contributed by atoms with Gasteiger partial charge >= 0.3 is 0 Å². The van der Waals surface area contributed by atoms with E-state index < -0.39 is 0 Å². The van der Waals surface area contributed by atoms with E-state index in [4.69, 9.17) is 4.74 Å². The van der Waals surface area contributed by atoms with E-state index in [9.17, 15) is 9.18 Å². The lowest BCUT2D eigenvalue weighted by Crippen LogP contribution is -2.23. The molecule has 1 aliphatic carbocycles. The molecule has 5 heteroatoms. The van der Waals surface area contributed by atoms with Gasteiger partial charge in [0.1, 0.15) is 18.2 Å². The van der Waals surface area contributed by atoms with Crippen molar-refractivity contribution < 1.29 is 13.9 Å². The fourth-order valence-corrected chi connectivity index (χ4v) is 5.82. The Balaban J connectivity index is 1.51. The van der Waals surface area contributed by atoms with Gasteiger partial charge in [0.25, 0.3) is 0 Å². The number of ether oxygens (including phenoxy) is 1. The van der Waals surface area contributed by atoms with E-state index in [0.29, 0.717) is 12.0 Å². The SMILES string of the molecule is O=C1C[C@@H](c2ccccc2OCc2ccccc2F)c2c(sc3c2CCCC3)N1. The quantitative estimate of drug-likeness (QED) is 0.592. The smallest absolute Gasteiger partial charge is 0.225 e. The van der Waals surface area contributed by atoms with E-state index in [1.165, 1.54) is 34.9 Å². The van der Waals surface area contributed by atoms with Crippen molar-refractivity contribution in [3.05, 3.63) is 81.5 Å². The Kier molecular flexibility index (Phi) is 4.84. The number of carbonyl (C=O) groups excluding carboxylic acids is 1. The zero-order valence-electron chi connectivity index (χ0n) is 16.0. The Morgan fingerprint density at radius 2 is 1.86 bits per heavy atom. The molecular formula is C24H22FNO2S. The van der Waals surface area contributed by atoms with E-state index in [1.54, 1.807) is 23.5 Å².